The highest BCUT2D eigenvalue weighted by atomic mass is 32.2. The van der Waals surface area contributed by atoms with E-state index >= 15 is 0 Å². The number of benzene rings is 1. The number of rotatable bonds is 6. The summed E-state index contributed by atoms with van der Waals surface area (Å²) in [5.41, 5.74) is 2.16. The van der Waals surface area contributed by atoms with Gasteiger partial charge in [0.1, 0.15) is 6.10 Å². The van der Waals surface area contributed by atoms with Crippen molar-refractivity contribution in [2.24, 2.45) is 0 Å². The molecule has 0 fully saturated rings. The van der Waals surface area contributed by atoms with Crippen molar-refractivity contribution in [2.45, 2.75) is 37.8 Å². The van der Waals surface area contributed by atoms with Gasteiger partial charge in [-0.1, -0.05) is 24.6 Å². The molecule has 4 heteroatoms. The Kier molecular flexibility index (Phi) is 5.05. The highest BCUT2D eigenvalue weighted by molar-refractivity contribution is 7.99. The molecule has 0 saturated heterocycles. The lowest BCUT2D eigenvalue weighted by Crippen LogP contribution is -2.10. The lowest BCUT2D eigenvalue weighted by atomic mass is 10.2. The van der Waals surface area contributed by atoms with Crippen LogP contribution in [0.5, 0.6) is 0 Å². The standard InChI is InChI=1S/C15H20N2OS/c1-3-10-17-14(8-9-16-17)15(18)11-19-13-6-4-12(2)5-7-13/h4-9,15,18H,3,10-11H2,1-2H3. The largest absolute Gasteiger partial charge is 0.386 e. The van der Waals surface area contributed by atoms with E-state index in [1.54, 1.807) is 18.0 Å². The molecule has 0 aliphatic carbocycles. The molecule has 0 radical (unpaired) electrons. The number of aliphatic hydroxyl groups excluding tert-OH is 1. The van der Waals surface area contributed by atoms with Crippen molar-refractivity contribution in [2.75, 3.05) is 5.75 Å². The molecule has 0 bridgehead atoms. The van der Waals surface area contributed by atoms with Crippen molar-refractivity contribution < 1.29 is 5.11 Å². The molecule has 0 saturated carbocycles. The minimum atomic E-state index is -0.472. The first kappa shape index (κ1) is 14.2. The van der Waals surface area contributed by atoms with Gasteiger partial charge in [0.05, 0.1) is 5.69 Å². The molecule has 0 spiro atoms. The predicted octanol–water partition coefficient (Wildman–Crippen LogP) is 3.43. The highest BCUT2D eigenvalue weighted by Crippen LogP contribution is 2.24. The molecule has 1 atom stereocenters. The first-order chi connectivity index (χ1) is 9.20. The van der Waals surface area contributed by atoms with Gasteiger partial charge in [0.2, 0.25) is 0 Å². The zero-order valence-corrected chi connectivity index (χ0v) is 12.2. The first-order valence-electron chi connectivity index (χ1n) is 6.60. The average molecular weight is 276 g/mol. The fourth-order valence-electron chi connectivity index (χ4n) is 1.92. The third-order valence-electron chi connectivity index (χ3n) is 2.96. The Morgan fingerprint density at radius 2 is 2.00 bits per heavy atom. The van der Waals surface area contributed by atoms with Gasteiger partial charge in [0.25, 0.3) is 0 Å². The molecule has 1 N–H and O–H groups in total. The SMILES string of the molecule is CCCn1nccc1C(O)CSc1ccc(C)cc1. The van der Waals surface area contributed by atoms with E-state index in [0.717, 1.165) is 18.7 Å². The monoisotopic (exact) mass is 276 g/mol. The summed E-state index contributed by atoms with van der Waals surface area (Å²) < 4.78 is 1.89. The topological polar surface area (TPSA) is 38.0 Å². The molecule has 19 heavy (non-hydrogen) atoms. The van der Waals surface area contributed by atoms with Gasteiger partial charge in [-0.05, 0) is 31.5 Å². The van der Waals surface area contributed by atoms with Crippen LogP contribution < -0.4 is 0 Å². The van der Waals surface area contributed by atoms with Gasteiger partial charge >= 0.3 is 0 Å². The van der Waals surface area contributed by atoms with E-state index in [9.17, 15) is 5.11 Å². The van der Waals surface area contributed by atoms with Crippen LogP contribution in [0.25, 0.3) is 0 Å². The quantitative estimate of drug-likeness (QED) is 0.821. The van der Waals surface area contributed by atoms with Crippen LogP contribution in [0.3, 0.4) is 0 Å². The molecule has 0 amide bonds. The molecular formula is C15H20N2OS. The molecule has 1 unspecified atom stereocenters. The summed E-state index contributed by atoms with van der Waals surface area (Å²) in [5.74, 6) is 0.651. The normalized spacial score (nSPS) is 12.6. The van der Waals surface area contributed by atoms with E-state index in [1.807, 2.05) is 10.7 Å². The first-order valence-corrected chi connectivity index (χ1v) is 7.58. The smallest absolute Gasteiger partial charge is 0.105 e. The van der Waals surface area contributed by atoms with Crippen molar-refractivity contribution in [3.8, 4) is 0 Å². The van der Waals surface area contributed by atoms with Crippen LogP contribution in [0.15, 0.2) is 41.4 Å². The molecule has 102 valence electrons. The Hall–Kier alpha value is -1.26. The average Bonchev–Trinajstić information content (AvgIpc) is 2.86. The third kappa shape index (κ3) is 3.85. The number of aliphatic hydroxyl groups is 1. The molecule has 0 aliphatic heterocycles. The van der Waals surface area contributed by atoms with Crippen LogP contribution >= 0.6 is 11.8 Å². The van der Waals surface area contributed by atoms with Gasteiger partial charge in [-0.25, -0.2) is 0 Å². The number of aromatic nitrogens is 2. The zero-order chi connectivity index (χ0) is 13.7. The van der Waals surface area contributed by atoms with E-state index in [4.69, 9.17) is 0 Å². The molecule has 1 heterocycles. The third-order valence-corrected chi connectivity index (χ3v) is 4.04. The Labute approximate surface area is 118 Å². The van der Waals surface area contributed by atoms with Crippen LogP contribution in [0, 0.1) is 6.92 Å². The van der Waals surface area contributed by atoms with Crippen LogP contribution in [-0.4, -0.2) is 20.6 Å². The predicted molar refractivity (Wildman–Crippen MR) is 79.4 cm³/mol. The minimum absolute atomic E-state index is 0.472. The van der Waals surface area contributed by atoms with Gasteiger partial charge in [-0.15, -0.1) is 11.8 Å². The van der Waals surface area contributed by atoms with Crippen molar-refractivity contribution in [1.29, 1.82) is 0 Å². The highest BCUT2D eigenvalue weighted by Gasteiger charge is 2.13. The number of thioether (sulfide) groups is 1. The van der Waals surface area contributed by atoms with Gasteiger partial charge in [0, 0.05) is 23.4 Å². The second kappa shape index (κ2) is 6.78. The molecule has 2 aromatic rings. The van der Waals surface area contributed by atoms with Crippen LogP contribution in [-0.2, 0) is 6.54 Å². The van der Waals surface area contributed by atoms with Crippen molar-refractivity contribution in [3.05, 3.63) is 47.8 Å². The fraction of sp³-hybridized carbons (Fsp3) is 0.400. The van der Waals surface area contributed by atoms with Gasteiger partial charge < -0.3 is 5.11 Å². The van der Waals surface area contributed by atoms with E-state index in [0.29, 0.717) is 5.75 Å². The minimum Gasteiger partial charge on any atom is -0.386 e. The number of hydrogen-bond acceptors (Lipinski definition) is 3. The Morgan fingerprint density at radius 1 is 1.26 bits per heavy atom. The second-order valence-electron chi connectivity index (χ2n) is 4.62. The maximum absolute atomic E-state index is 10.3. The van der Waals surface area contributed by atoms with E-state index < -0.39 is 6.10 Å². The zero-order valence-electron chi connectivity index (χ0n) is 11.4. The second-order valence-corrected chi connectivity index (χ2v) is 5.71. The van der Waals surface area contributed by atoms with E-state index in [2.05, 4.69) is 43.2 Å². The molecule has 0 aliphatic rings. The van der Waals surface area contributed by atoms with Crippen LogP contribution in [0.2, 0.25) is 0 Å². The Morgan fingerprint density at radius 3 is 2.68 bits per heavy atom. The van der Waals surface area contributed by atoms with Crippen molar-refractivity contribution >= 4 is 11.8 Å². The summed E-state index contributed by atoms with van der Waals surface area (Å²) in [5, 5.41) is 14.5. The summed E-state index contributed by atoms with van der Waals surface area (Å²) in [7, 11) is 0. The van der Waals surface area contributed by atoms with E-state index in [-0.39, 0.29) is 0 Å². The lowest BCUT2D eigenvalue weighted by molar-refractivity contribution is 0.191. The Bertz CT molecular complexity index is 507. The van der Waals surface area contributed by atoms with Crippen molar-refractivity contribution in [3.63, 3.8) is 0 Å². The molecule has 3 nitrogen and oxygen atoms in total. The van der Waals surface area contributed by atoms with Crippen LogP contribution in [0.4, 0.5) is 0 Å². The molecular weight excluding hydrogens is 256 g/mol. The van der Waals surface area contributed by atoms with Gasteiger partial charge in [0.15, 0.2) is 0 Å². The summed E-state index contributed by atoms with van der Waals surface area (Å²) in [6.45, 7) is 5.04. The summed E-state index contributed by atoms with van der Waals surface area (Å²) in [6, 6.07) is 10.3. The van der Waals surface area contributed by atoms with Crippen LogP contribution in [0.1, 0.15) is 30.7 Å². The van der Waals surface area contributed by atoms with Crippen molar-refractivity contribution in [1.82, 2.24) is 9.78 Å². The molecule has 1 aromatic heterocycles. The summed E-state index contributed by atoms with van der Waals surface area (Å²) >= 11 is 1.67. The van der Waals surface area contributed by atoms with Gasteiger partial charge in [-0.3, -0.25) is 4.68 Å². The number of aryl methyl sites for hydroxylation is 2. The Balaban J connectivity index is 1.95. The van der Waals surface area contributed by atoms with E-state index in [1.165, 1.54) is 10.5 Å². The summed E-state index contributed by atoms with van der Waals surface area (Å²) in [4.78, 5) is 1.19. The number of nitrogens with zero attached hydrogens (tertiary/aromatic N) is 2. The summed E-state index contributed by atoms with van der Waals surface area (Å²) in [6.07, 6.45) is 2.30. The maximum atomic E-state index is 10.3. The molecule has 2 rings (SSSR count). The molecule has 1 aromatic carbocycles. The fourth-order valence-corrected chi connectivity index (χ4v) is 2.77. The van der Waals surface area contributed by atoms with Gasteiger partial charge in [-0.2, -0.15) is 5.10 Å². The number of hydrogen-bond donors (Lipinski definition) is 1. The maximum Gasteiger partial charge on any atom is 0.105 e. The lowest BCUT2D eigenvalue weighted by Gasteiger charge is -2.12.